The maximum Gasteiger partial charge on any atom is 0.141 e. The van der Waals surface area contributed by atoms with Gasteiger partial charge in [0.15, 0.2) is 0 Å². The summed E-state index contributed by atoms with van der Waals surface area (Å²) in [6.45, 7) is 1.69. The fraction of sp³-hybridized carbons (Fsp3) is 0.333. The lowest BCUT2D eigenvalue weighted by Crippen LogP contribution is -2.37. The summed E-state index contributed by atoms with van der Waals surface area (Å²) in [5.74, 6) is 0. The minimum absolute atomic E-state index is 0.480. The van der Waals surface area contributed by atoms with Crippen LogP contribution in [-0.4, -0.2) is 16.3 Å². The van der Waals surface area contributed by atoms with Gasteiger partial charge in [0.2, 0.25) is 0 Å². The smallest absolute Gasteiger partial charge is 0.141 e. The molecular formula is C6H10N2O. The molecule has 0 spiro atoms. The third kappa shape index (κ3) is 1.47. The number of hydrogen-bond donors (Lipinski definition) is 2. The van der Waals surface area contributed by atoms with E-state index in [2.05, 4.69) is 5.43 Å². The Balaban J connectivity index is 2.46. The maximum absolute atomic E-state index is 8.96. The third-order valence-electron chi connectivity index (χ3n) is 1.08. The number of hydrogen-bond acceptors (Lipinski definition) is 3. The summed E-state index contributed by atoms with van der Waals surface area (Å²) >= 11 is 0. The van der Waals surface area contributed by atoms with Crippen LogP contribution < -0.4 is 5.43 Å². The predicted octanol–water partition coefficient (Wildman–Crippen LogP) is 0.172. The summed E-state index contributed by atoms with van der Waals surface area (Å²) in [5, 5.41) is 10.6. The minimum Gasteiger partial charge on any atom is -0.372 e. The molecule has 50 valence electrons. The molecule has 0 aromatic heterocycles. The van der Waals surface area contributed by atoms with Gasteiger partial charge in [0.25, 0.3) is 0 Å². The van der Waals surface area contributed by atoms with E-state index in [1.165, 1.54) is 0 Å². The topological polar surface area (TPSA) is 35.5 Å². The Labute approximate surface area is 54.3 Å². The Bertz CT molecular complexity index is 140. The molecule has 3 nitrogen and oxygen atoms in total. The van der Waals surface area contributed by atoms with E-state index < -0.39 is 6.23 Å². The SMILES string of the molecule is CC(O)N1C=CC=CN1. The standard InChI is InChI=1S/C6H10N2O/c1-6(9)8-5-3-2-4-7-8/h2-7,9H,1H3. The zero-order chi connectivity index (χ0) is 6.69. The van der Waals surface area contributed by atoms with Gasteiger partial charge in [-0.3, -0.25) is 5.01 Å². The second-order valence-electron chi connectivity index (χ2n) is 1.87. The molecule has 9 heavy (non-hydrogen) atoms. The van der Waals surface area contributed by atoms with Crippen LogP contribution in [0.3, 0.4) is 0 Å². The lowest BCUT2D eigenvalue weighted by Gasteiger charge is -2.24. The molecule has 3 heteroatoms. The maximum atomic E-state index is 8.96. The van der Waals surface area contributed by atoms with Crippen molar-refractivity contribution in [2.24, 2.45) is 0 Å². The third-order valence-corrected chi connectivity index (χ3v) is 1.08. The first-order chi connectivity index (χ1) is 4.30. The van der Waals surface area contributed by atoms with E-state index in [0.29, 0.717) is 0 Å². The van der Waals surface area contributed by atoms with E-state index in [0.717, 1.165) is 0 Å². The average molecular weight is 126 g/mol. The van der Waals surface area contributed by atoms with E-state index in [-0.39, 0.29) is 0 Å². The Morgan fingerprint density at radius 3 is 2.67 bits per heavy atom. The zero-order valence-corrected chi connectivity index (χ0v) is 5.28. The van der Waals surface area contributed by atoms with Crippen molar-refractivity contribution < 1.29 is 5.11 Å². The largest absolute Gasteiger partial charge is 0.372 e. The van der Waals surface area contributed by atoms with Gasteiger partial charge in [-0.2, -0.15) is 0 Å². The summed E-state index contributed by atoms with van der Waals surface area (Å²) in [7, 11) is 0. The van der Waals surface area contributed by atoms with Gasteiger partial charge in [-0.15, -0.1) is 0 Å². The summed E-state index contributed by atoms with van der Waals surface area (Å²) < 4.78 is 0. The molecule has 0 radical (unpaired) electrons. The van der Waals surface area contributed by atoms with Gasteiger partial charge >= 0.3 is 0 Å². The molecule has 2 N–H and O–H groups in total. The molecule has 0 saturated heterocycles. The fourth-order valence-electron chi connectivity index (χ4n) is 0.603. The molecule has 1 heterocycles. The van der Waals surface area contributed by atoms with Crippen LogP contribution in [-0.2, 0) is 0 Å². The van der Waals surface area contributed by atoms with Crippen molar-refractivity contribution in [3.05, 3.63) is 24.6 Å². The van der Waals surface area contributed by atoms with Crippen LogP contribution in [0.4, 0.5) is 0 Å². The van der Waals surface area contributed by atoms with Gasteiger partial charge in [0.05, 0.1) is 0 Å². The first kappa shape index (κ1) is 6.16. The molecule has 0 aromatic rings. The fourth-order valence-corrected chi connectivity index (χ4v) is 0.603. The van der Waals surface area contributed by atoms with Crippen LogP contribution >= 0.6 is 0 Å². The molecule has 0 aliphatic carbocycles. The molecule has 1 atom stereocenters. The Hall–Kier alpha value is -0.960. The number of aliphatic hydroxyl groups excluding tert-OH is 1. The normalized spacial score (nSPS) is 19.6. The van der Waals surface area contributed by atoms with Crippen molar-refractivity contribution in [3.8, 4) is 0 Å². The van der Waals surface area contributed by atoms with Crippen molar-refractivity contribution in [2.75, 3.05) is 0 Å². The van der Waals surface area contributed by atoms with Crippen LogP contribution in [0.1, 0.15) is 6.92 Å². The highest BCUT2D eigenvalue weighted by molar-refractivity contribution is 5.04. The van der Waals surface area contributed by atoms with Gasteiger partial charge in [0.1, 0.15) is 6.23 Å². The Morgan fingerprint density at radius 1 is 1.56 bits per heavy atom. The molecule has 0 saturated carbocycles. The zero-order valence-electron chi connectivity index (χ0n) is 5.28. The highest BCUT2D eigenvalue weighted by atomic mass is 16.3. The van der Waals surface area contributed by atoms with Crippen LogP contribution in [0.5, 0.6) is 0 Å². The molecule has 1 aliphatic rings. The van der Waals surface area contributed by atoms with Gasteiger partial charge < -0.3 is 10.5 Å². The minimum atomic E-state index is -0.480. The Kier molecular flexibility index (Phi) is 1.75. The second kappa shape index (κ2) is 2.55. The quantitative estimate of drug-likeness (QED) is 0.526. The molecule has 0 aromatic carbocycles. The Morgan fingerprint density at radius 2 is 2.33 bits per heavy atom. The van der Waals surface area contributed by atoms with Crippen molar-refractivity contribution in [1.82, 2.24) is 10.4 Å². The highest BCUT2D eigenvalue weighted by Gasteiger charge is 2.02. The molecule has 0 bridgehead atoms. The summed E-state index contributed by atoms with van der Waals surface area (Å²) in [4.78, 5) is 0. The summed E-state index contributed by atoms with van der Waals surface area (Å²) in [5.41, 5.74) is 2.83. The van der Waals surface area contributed by atoms with E-state index in [9.17, 15) is 0 Å². The lowest BCUT2D eigenvalue weighted by molar-refractivity contribution is 0.0302. The second-order valence-corrected chi connectivity index (χ2v) is 1.87. The number of rotatable bonds is 1. The van der Waals surface area contributed by atoms with Gasteiger partial charge in [0, 0.05) is 12.4 Å². The van der Waals surface area contributed by atoms with E-state index in [1.807, 2.05) is 12.2 Å². The molecule has 1 unspecified atom stereocenters. The molecule has 0 amide bonds. The highest BCUT2D eigenvalue weighted by Crippen LogP contribution is 1.95. The number of allylic oxidation sites excluding steroid dienone is 2. The van der Waals surface area contributed by atoms with Gasteiger partial charge in [-0.25, -0.2) is 0 Å². The van der Waals surface area contributed by atoms with Crippen molar-refractivity contribution >= 4 is 0 Å². The first-order valence-electron chi connectivity index (χ1n) is 2.86. The number of aliphatic hydroxyl groups is 1. The number of hydrazine groups is 1. The first-order valence-corrected chi connectivity index (χ1v) is 2.86. The van der Waals surface area contributed by atoms with Crippen molar-refractivity contribution in [1.29, 1.82) is 0 Å². The van der Waals surface area contributed by atoms with E-state index >= 15 is 0 Å². The van der Waals surface area contributed by atoms with Crippen LogP contribution in [0.25, 0.3) is 0 Å². The van der Waals surface area contributed by atoms with Crippen LogP contribution in [0.2, 0.25) is 0 Å². The molecular weight excluding hydrogens is 116 g/mol. The summed E-state index contributed by atoms with van der Waals surface area (Å²) in [6, 6.07) is 0. The lowest BCUT2D eigenvalue weighted by atomic mass is 10.5. The van der Waals surface area contributed by atoms with E-state index in [1.54, 1.807) is 24.3 Å². The van der Waals surface area contributed by atoms with E-state index in [4.69, 9.17) is 5.11 Å². The van der Waals surface area contributed by atoms with Crippen LogP contribution in [0, 0.1) is 0 Å². The average Bonchev–Trinajstić information content (AvgIpc) is 1.90. The molecule has 0 fully saturated rings. The predicted molar refractivity (Wildman–Crippen MR) is 34.9 cm³/mol. The number of nitrogens with one attached hydrogen (secondary N) is 1. The van der Waals surface area contributed by atoms with Crippen LogP contribution in [0.15, 0.2) is 24.6 Å². The van der Waals surface area contributed by atoms with Crippen molar-refractivity contribution in [3.63, 3.8) is 0 Å². The number of nitrogens with zero attached hydrogens (tertiary/aromatic N) is 1. The van der Waals surface area contributed by atoms with Gasteiger partial charge in [-0.05, 0) is 19.1 Å². The summed E-state index contributed by atoms with van der Waals surface area (Å²) in [6.07, 6.45) is 6.76. The molecule has 1 aliphatic heterocycles. The van der Waals surface area contributed by atoms with Gasteiger partial charge in [-0.1, -0.05) is 0 Å². The monoisotopic (exact) mass is 126 g/mol. The molecule has 1 rings (SSSR count). The van der Waals surface area contributed by atoms with Crippen molar-refractivity contribution in [2.45, 2.75) is 13.2 Å².